The molecule has 66 heavy (non-hydrogen) atoms. The second kappa shape index (κ2) is 17.1. The minimum Gasteiger partial charge on any atom is -0.490 e. The maximum atomic E-state index is 13.3. The fourth-order valence-corrected chi connectivity index (χ4v) is 9.46. The van der Waals surface area contributed by atoms with E-state index >= 15 is 0 Å². The quantitative estimate of drug-likeness (QED) is 0.107. The summed E-state index contributed by atoms with van der Waals surface area (Å²) in [5, 5.41) is 45.7. The number of hydrogen-bond acceptors (Lipinski definition) is 12. The number of anilines is 2. The second-order valence-corrected chi connectivity index (χ2v) is 18.5. The molecule has 2 aromatic carbocycles. The van der Waals surface area contributed by atoms with Crippen LogP contribution in [0.5, 0.6) is 11.5 Å². The summed E-state index contributed by atoms with van der Waals surface area (Å²) in [6, 6.07) is 11.5. The van der Waals surface area contributed by atoms with Crippen LogP contribution in [0.4, 0.5) is 11.4 Å². The van der Waals surface area contributed by atoms with Gasteiger partial charge in [0.25, 0.3) is 11.8 Å². The molecule has 18 heteroatoms. The second-order valence-electron chi connectivity index (χ2n) is 18.5. The lowest BCUT2D eigenvalue weighted by Gasteiger charge is -2.31. The van der Waals surface area contributed by atoms with E-state index in [0.717, 1.165) is 86.0 Å². The SMILES string of the molecule is C[C@H]1C[C@@H](O)CC[C@@H]1n1cc2cc(C(=O)Nc3cnn4cccnc34)c(OC3CC3)cc2n1.C[C@H]1C[C@@H](O)CC[C@@H]1n1cc2cc(C(=O)Nc3cnn4cccnc34)c(OC3CC3)cc2n1. The predicted octanol–water partition coefficient (Wildman–Crippen LogP) is 7.19. The summed E-state index contributed by atoms with van der Waals surface area (Å²) in [5.41, 5.74) is 4.80. The molecule has 0 bridgehead atoms. The maximum Gasteiger partial charge on any atom is 0.259 e. The van der Waals surface area contributed by atoms with Gasteiger partial charge in [-0.15, -0.1) is 0 Å². The van der Waals surface area contributed by atoms with Crippen molar-refractivity contribution in [1.82, 2.24) is 48.8 Å². The average molecular weight is 893 g/mol. The number of ether oxygens (including phenoxy) is 2. The third-order valence-electron chi connectivity index (χ3n) is 13.3. The summed E-state index contributed by atoms with van der Waals surface area (Å²) in [6.45, 7) is 4.31. The van der Waals surface area contributed by atoms with E-state index in [9.17, 15) is 19.8 Å². The van der Waals surface area contributed by atoms with Gasteiger partial charge >= 0.3 is 0 Å². The zero-order chi connectivity index (χ0) is 45.1. The summed E-state index contributed by atoms with van der Waals surface area (Å²) in [7, 11) is 0. The number of fused-ring (bicyclic) bond motifs is 4. The predicted molar refractivity (Wildman–Crippen MR) is 245 cm³/mol. The van der Waals surface area contributed by atoms with Gasteiger partial charge in [-0.05, 0) is 100 Å². The van der Waals surface area contributed by atoms with Crippen LogP contribution in [0.2, 0.25) is 0 Å². The molecule has 8 aromatic rings. The van der Waals surface area contributed by atoms with Crippen LogP contribution >= 0.6 is 0 Å². The van der Waals surface area contributed by atoms with Crippen LogP contribution < -0.4 is 20.1 Å². The highest BCUT2D eigenvalue weighted by molar-refractivity contribution is 6.10. The Bertz CT molecular complexity index is 2890. The first-order valence-corrected chi connectivity index (χ1v) is 23.0. The molecule has 6 aromatic heterocycles. The van der Waals surface area contributed by atoms with Crippen LogP contribution in [0.1, 0.15) is 111 Å². The molecule has 2 amide bonds. The van der Waals surface area contributed by atoms with Gasteiger partial charge in [0.1, 0.15) is 22.9 Å². The van der Waals surface area contributed by atoms with E-state index in [1.165, 1.54) is 0 Å². The molecule has 0 aliphatic heterocycles. The molecule has 4 fully saturated rings. The van der Waals surface area contributed by atoms with E-state index in [1.807, 2.05) is 46.0 Å². The van der Waals surface area contributed by atoms with Crippen LogP contribution in [0.3, 0.4) is 0 Å². The topological polar surface area (TPSA) is 213 Å². The molecule has 12 rings (SSSR count). The Hall–Kier alpha value is -6.92. The van der Waals surface area contributed by atoms with Crippen LogP contribution in [0, 0.1) is 11.8 Å². The summed E-state index contributed by atoms with van der Waals surface area (Å²) in [5.74, 6) is 1.21. The van der Waals surface area contributed by atoms with Gasteiger partial charge in [-0.2, -0.15) is 20.4 Å². The van der Waals surface area contributed by atoms with E-state index in [2.05, 4.69) is 44.6 Å². The standard InChI is InChI=1S/2C24H26N6O3/c2*1-14-9-16(31)3-6-21(14)30-13-15-10-18(22(11-19(15)28-30)33-17-4-5-17)24(32)27-20-12-26-29-8-2-7-25-23(20)29/h2*2,7-8,10-14,16-17,21,31H,3-6,9H2,1H3,(H,27,32)/t2*14-,16-,21-/m00/s1. The summed E-state index contributed by atoms with van der Waals surface area (Å²) < 4.78 is 19.4. The molecule has 4 saturated carbocycles. The number of aromatic nitrogens is 10. The average Bonchev–Trinajstić information content (AvgIpc) is 4.11. The van der Waals surface area contributed by atoms with E-state index < -0.39 is 0 Å². The normalized spacial score (nSPS) is 23.2. The molecule has 0 spiro atoms. The molecule has 0 radical (unpaired) electrons. The van der Waals surface area contributed by atoms with Crippen LogP contribution in [-0.4, -0.2) is 95.2 Å². The lowest BCUT2D eigenvalue weighted by Crippen LogP contribution is -2.28. The Morgan fingerprint density at radius 3 is 1.47 bits per heavy atom. The third-order valence-corrected chi connectivity index (χ3v) is 13.3. The largest absolute Gasteiger partial charge is 0.490 e. The summed E-state index contributed by atoms with van der Waals surface area (Å²) in [4.78, 5) is 35.2. The van der Waals surface area contributed by atoms with Crippen molar-refractivity contribution >= 4 is 56.3 Å². The maximum absolute atomic E-state index is 13.3. The third kappa shape index (κ3) is 8.53. The van der Waals surface area contributed by atoms with Crippen molar-refractivity contribution in [3.63, 3.8) is 0 Å². The van der Waals surface area contributed by atoms with Crippen LogP contribution in [-0.2, 0) is 0 Å². The lowest BCUT2D eigenvalue weighted by molar-refractivity contribution is 0.0748. The van der Waals surface area contributed by atoms with Gasteiger partial charge < -0.3 is 30.3 Å². The molecule has 18 nitrogen and oxygen atoms in total. The number of hydrogen-bond donors (Lipinski definition) is 4. The van der Waals surface area contributed by atoms with Gasteiger partial charge in [0.15, 0.2) is 11.3 Å². The molecular formula is C48H52N12O6. The van der Waals surface area contributed by atoms with Gasteiger partial charge in [-0.25, -0.2) is 19.0 Å². The summed E-state index contributed by atoms with van der Waals surface area (Å²) in [6.07, 6.45) is 22.8. The first-order chi connectivity index (χ1) is 32.1. The van der Waals surface area contributed by atoms with Gasteiger partial charge in [-0.3, -0.25) is 19.0 Å². The molecular weight excluding hydrogens is 841 g/mol. The van der Waals surface area contributed by atoms with E-state index in [4.69, 9.17) is 19.7 Å². The Balaban J connectivity index is 0.000000146. The summed E-state index contributed by atoms with van der Waals surface area (Å²) >= 11 is 0. The van der Waals surface area contributed by atoms with Gasteiger partial charge in [-0.1, -0.05) is 13.8 Å². The van der Waals surface area contributed by atoms with Gasteiger partial charge in [0.2, 0.25) is 0 Å². The van der Waals surface area contributed by atoms with Crippen molar-refractivity contribution in [2.24, 2.45) is 11.8 Å². The lowest BCUT2D eigenvalue weighted by atomic mass is 9.84. The van der Waals surface area contributed by atoms with Crippen molar-refractivity contribution in [3.8, 4) is 11.5 Å². The molecule has 0 unspecified atom stereocenters. The minimum absolute atomic E-state index is 0.148. The number of carbonyl (C=O) groups is 2. The fraction of sp³-hybridized carbons (Fsp3) is 0.417. The monoisotopic (exact) mass is 892 g/mol. The molecule has 6 heterocycles. The van der Waals surface area contributed by atoms with E-state index in [0.29, 0.717) is 57.1 Å². The molecule has 4 aliphatic rings. The Morgan fingerprint density at radius 2 is 1.06 bits per heavy atom. The molecule has 4 aliphatic carbocycles. The minimum atomic E-state index is -0.269. The van der Waals surface area contributed by atoms with Crippen LogP contribution in [0.15, 0.2) is 86.0 Å². The fourth-order valence-electron chi connectivity index (χ4n) is 9.46. The Morgan fingerprint density at radius 1 is 0.621 bits per heavy atom. The Kier molecular flexibility index (Phi) is 10.8. The number of rotatable bonds is 10. The van der Waals surface area contributed by atoms with E-state index in [1.54, 1.807) is 58.3 Å². The number of carbonyl (C=O) groups excluding carboxylic acids is 2. The number of aliphatic hydroxyl groups is 2. The molecule has 4 N–H and O–H groups in total. The smallest absolute Gasteiger partial charge is 0.259 e. The zero-order valence-electron chi connectivity index (χ0n) is 36.8. The molecule has 340 valence electrons. The molecule has 6 atom stereocenters. The van der Waals surface area contributed by atoms with Crippen molar-refractivity contribution in [1.29, 1.82) is 0 Å². The highest BCUT2D eigenvalue weighted by atomic mass is 16.5. The van der Waals surface area contributed by atoms with Crippen molar-refractivity contribution in [3.05, 3.63) is 97.1 Å². The van der Waals surface area contributed by atoms with Gasteiger partial charge in [0, 0.05) is 60.1 Å². The van der Waals surface area contributed by atoms with E-state index in [-0.39, 0.29) is 48.3 Å². The zero-order valence-corrected chi connectivity index (χ0v) is 36.8. The first kappa shape index (κ1) is 41.8. The number of nitrogens with one attached hydrogen (secondary N) is 2. The molecule has 0 saturated heterocycles. The number of amides is 2. The van der Waals surface area contributed by atoms with Gasteiger partial charge in [0.05, 0.1) is 71.1 Å². The highest BCUT2D eigenvalue weighted by Gasteiger charge is 2.32. The Labute approximate surface area is 378 Å². The number of aliphatic hydroxyl groups excluding tert-OH is 2. The highest BCUT2D eigenvalue weighted by Crippen LogP contribution is 2.39. The van der Waals surface area contributed by atoms with Crippen LogP contribution in [0.25, 0.3) is 33.1 Å². The van der Waals surface area contributed by atoms with Crippen molar-refractivity contribution < 1.29 is 29.3 Å². The van der Waals surface area contributed by atoms with Crippen molar-refractivity contribution in [2.45, 2.75) is 115 Å². The number of nitrogens with zero attached hydrogens (tertiary/aromatic N) is 10. The van der Waals surface area contributed by atoms with Crippen molar-refractivity contribution in [2.75, 3.05) is 10.6 Å². The first-order valence-electron chi connectivity index (χ1n) is 23.0. The number of benzene rings is 2.